The minimum Gasteiger partial charge on any atom is -0.371 e. The van der Waals surface area contributed by atoms with Crippen LogP contribution in [0.25, 0.3) is 21.4 Å². The lowest BCUT2D eigenvalue weighted by atomic mass is 10.1. The summed E-state index contributed by atoms with van der Waals surface area (Å²) in [5.41, 5.74) is 4.03. The van der Waals surface area contributed by atoms with E-state index in [0.717, 1.165) is 26.9 Å². The highest BCUT2D eigenvalue weighted by molar-refractivity contribution is 7.22. The third kappa shape index (κ3) is 2.60. The molecule has 0 saturated heterocycles. The lowest BCUT2D eigenvalue weighted by Crippen LogP contribution is -2.11. The molecule has 8 heteroatoms. The average Bonchev–Trinajstić information content (AvgIpc) is 3.17. The Morgan fingerprint density at radius 2 is 2.08 bits per heavy atom. The predicted octanol–water partition coefficient (Wildman–Crippen LogP) is 3.18. The lowest BCUT2D eigenvalue weighted by Gasteiger charge is -2.02. The van der Waals surface area contributed by atoms with Gasteiger partial charge in [0.2, 0.25) is 0 Å². The lowest BCUT2D eigenvalue weighted by molar-refractivity contribution is 0.102. The maximum atomic E-state index is 12.5. The molecule has 126 valence electrons. The van der Waals surface area contributed by atoms with Crippen LogP contribution in [-0.2, 0) is 7.05 Å². The number of rotatable bonds is 3. The summed E-state index contributed by atoms with van der Waals surface area (Å²) >= 11 is 1.35. The maximum Gasteiger partial charge on any atom is 0.257 e. The number of aromatic nitrogens is 4. The minimum atomic E-state index is -0.183. The van der Waals surface area contributed by atoms with E-state index in [2.05, 4.69) is 25.6 Å². The van der Waals surface area contributed by atoms with E-state index >= 15 is 0 Å². The van der Waals surface area contributed by atoms with E-state index < -0.39 is 0 Å². The van der Waals surface area contributed by atoms with Crippen molar-refractivity contribution in [3.63, 3.8) is 0 Å². The maximum absolute atomic E-state index is 12.5. The van der Waals surface area contributed by atoms with Gasteiger partial charge in [0.05, 0.1) is 6.33 Å². The first kappa shape index (κ1) is 15.5. The molecule has 0 aliphatic carbocycles. The van der Waals surface area contributed by atoms with Crippen LogP contribution in [0.1, 0.15) is 15.9 Å². The highest BCUT2D eigenvalue weighted by Crippen LogP contribution is 2.33. The first-order chi connectivity index (χ1) is 12.1. The van der Waals surface area contributed by atoms with Gasteiger partial charge < -0.3 is 9.88 Å². The quantitative estimate of drug-likeness (QED) is 0.591. The second-order valence-corrected chi connectivity index (χ2v) is 6.74. The van der Waals surface area contributed by atoms with Gasteiger partial charge in [-0.15, -0.1) is 0 Å². The van der Waals surface area contributed by atoms with Crippen LogP contribution in [0.3, 0.4) is 0 Å². The normalized spacial score (nSPS) is 11.2. The number of imidazole rings is 1. The number of nitrogens with zero attached hydrogens (tertiary/aromatic N) is 4. The number of carbonyl (C=O) groups excluding carboxylic acids is 1. The van der Waals surface area contributed by atoms with Gasteiger partial charge in [0.1, 0.15) is 21.4 Å². The molecule has 2 N–H and O–H groups in total. The predicted molar refractivity (Wildman–Crippen MR) is 100 cm³/mol. The number of hydrogen-bond acceptors (Lipinski definition) is 6. The second-order valence-electron chi connectivity index (χ2n) is 5.76. The van der Waals surface area contributed by atoms with Crippen LogP contribution in [0.2, 0.25) is 0 Å². The molecule has 0 bridgehead atoms. The van der Waals surface area contributed by atoms with Gasteiger partial charge in [-0.2, -0.15) is 0 Å². The van der Waals surface area contributed by atoms with E-state index in [1.165, 1.54) is 11.3 Å². The summed E-state index contributed by atoms with van der Waals surface area (Å²) in [5.74, 6) is 0.515. The molecule has 0 saturated carbocycles. The molecule has 3 heterocycles. The summed E-state index contributed by atoms with van der Waals surface area (Å²) in [7, 11) is 3.72. The fourth-order valence-electron chi connectivity index (χ4n) is 2.76. The van der Waals surface area contributed by atoms with Crippen LogP contribution in [0.4, 0.5) is 10.9 Å². The van der Waals surface area contributed by atoms with Crippen molar-refractivity contribution < 1.29 is 4.79 Å². The second kappa shape index (κ2) is 5.82. The van der Waals surface area contributed by atoms with Crippen LogP contribution < -0.4 is 10.6 Å². The van der Waals surface area contributed by atoms with Crippen molar-refractivity contribution in [1.82, 2.24) is 19.5 Å². The third-order valence-electron chi connectivity index (χ3n) is 3.95. The van der Waals surface area contributed by atoms with Gasteiger partial charge in [0, 0.05) is 19.7 Å². The molecule has 0 aliphatic heterocycles. The fraction of sp³-hybridized carbons (Fsp3) is 0.176. The molecular formula is C17H16N6OS. The first-order valence-corrected chi connectivity index (χ1v) is 8.56. The summed E-state index contributed by atoms with van der Waals surface area (Å²) in [5, 5.41) is 6.45. The van der Waals surface area contributed by atoms with Crippen molar-refractivity contribution in [3.05, 3.63) is 41.7 Å². The molecular weight excluding hydrogens is 336 g/mol. The zero-order chi connectivity index (χ0) is 17.6. The number of aryl methyl sites for hydroxylation is 2. The zero-order valence-corrected chi connectivity index (χ0v) is 14.8. The molecule has 0 atom stereocenters. The minimum absolute atomic E-state index is 0.183. The van der Waals surface area contributed by atoms with E-state index in [4.69, 9.17) is 0 Å². The molecule has 3 aromatic heterocycles. The van der Waals surface area contributed by atoms with Crippen molar-refractivity contribution >= 4 is 49.6 Å². The smallest absolute Gasteiger partial charge is 0.257 e. The molecule has 4 aromatic rings. The summed E-state index contributed by atoms with van der Waals surface area (Å²) < 4.78 is 1.91. The van der Waals surface area contributed by atoms with Crippen LogP contribution in [0.5, 0.6) is 0 Å². The summed E-state index contributed by atoms with van der Waals surface area (Å²) in [6.45, 7) is 1.96. The summed E-state index contributed by atoms with van der Waals surface area (Å²) in [4.78, 5) is 26.7. The van der Waals surface area contributed by atoms with E-state index in [9.17, 15) is 4.79 Å². The SMILES string of the molecule is CNc1nc2sc(NC(=O)c3cccc(C)c3)nc2c2c1ncn2C. The monoisotopic (exact) mass is 352 g/mol. The van der Waals surface area contributed by atoms with Gasteiger partial charge in [-0.05, 0) is 19.1 Å². The number of hydrogen-bond donors (Lipinski definition) is 2. The Labute approximate surface area is 147 Å². The summed E-state index contributed by atoms with van der Waals surface area (Å²) in [6, 6.07) is 7.45. The van der Waals surface area contributed by atoms with E-state index in [1.54, 1.807) is 12.4 Å². The molecule has 0 unspecified atom stereocenters. The topological polar surface area (TPSA) is 84.7 Å². The Bertz CT molecular complexity index is 1110. The standard InChI is InChI=1S/C17H16N6OS/c1-9-5-4-6-10(7-9)15(24)22-17-20-12-13-11(19-8-23(13)3)14(18-2)21-16(12)25-17/h4-8H,1-3H3,(H,18,21)(H,20,22,24). The van der Waals surface area contributed by atoms with Crippen LogP contribution in [-0.4, -0.2) is 32.5 Å². The van der Waals surface area contributed by atoms with Gasteiger partial charge in [-0.1, -0.05) is 29.0 Å². The van der Waals surface area contributed by atoms with Crippen LogP contribution in [0.15, 0.2) is 30.6 Å². The number of anilines is 2. The number of thiazole rings is 1. The number of nitrogens with one attached hydrogen (secondary N) is 2. The zero-order valence-electron chi connectivity index (χ0n) is 14.0. The van der Waals surface area contributed by atoms with Crippen LogP contribution >= 0.6 is 11.3 Å². The first-order valence-electron chi connectivity index (χ1n) is 7.74. The number of benzene rings is 1. The Morgan fingerprint density at radius 3 is 2.84 bits per heavy atom. The third-order valence-corrected chi connectivity index (χ3v) is 4.81. The number of pyridine rings is 1. The fourth-order valence-corrected chi connectivity index (χ4v) is 3.60. The molecule has 4 rings (SSSR count). The van der Waals surface area contributed by atoms with Gasteiger partial charge in [-0.25, -0.2) is 15.0 Å². The highest BCUT2D eigenvalue weighted by Gasteiger charge is 2.17. The number of amides is 1. The van der Waals surface area contributed by atoms with Crippen molar-refractivity contribution in [1.29, 1.82) is 0 Å². The van der Waals surface area contributed by atoms with Gasteiger partial charge >= 0.3 is 0 Å². The van der Waals surface area contributed by atoms with Gasteiger partial charge in [0.15, 0.2) is 10.9 Å². The van der Waals surface area contributed by atoms with Crippen molar-refractivity contribution in [2.24, 2.45) is 7.05 Å². The van der Waals surface area contributed by atoms with Crippen LogP contribution in [0, 0.1) is 6.92 Å². The van der Waals surface area contributed by atoms with Gasteiger partial charge in [0.25, 0.3) is 5.91 Å². The molecule has 1 aromatic carbocycles. The summed E-state index contributed by atoms with van der Waals surface area (Å²) in [6.07, 6.45) is 1.73. The van der Waals surface area contributed by atoms with Gasteiger partial charge in [-0.3, -0.25) is 10.1 Å². The molecule has 1 amide bonds. The number of fused-ring (bicyclic) bond motifs is 3. The van der Waals surface area contributed by atoms with Crippen molar-refractivity contribution in [2.45, 2.75) is 6.92 Å². The molecule has 0 aliphatic rings. The Kier molecular flexibility index (Phi) is 3.61. The molecule has 0 spiro atoms. The average molecular weight is 352 g/mol. The molecule has 25 heavy (non-hydrogen) atoms. The Hall–Kier alpha value is -3.00. The van der Waals surface area contributed by atoms with Crippen molar-refractivity contribution in [2.75, 3.05) is 17.7 Å². The van der Waals surface area contributed by atoms with E-state index in [1.807, 2.05) is 43.8 Å². The molecule has 7 nitrogen and oxygen atoms in total. The Balaban J connectivity index is 1.78. The molecule has 0 fully saturated rings. The Morgan fingerprint density at radius 1 is 1.24 bits per heavy atom. The largest absolute Gasteiger partial charge is 0.371 e. The van der Waals surface area contributed by atoms with E-state index in [-0.39, 0.29) is 5.91 Å². The van der Waals surface area contributed by atoms with Crippen molar-refractivity contribution in [3.8, 4) is 0 Å². The molecule has 0 radical (unpaired) electrons. The number of carbonyl (C=O) groups is 1. The highest BCUT2D eigenvalue weighted by atomic mass is 32.1. The van der Waals surface area contributed by atoms with E-state index in [0.29, 0.717) is 16.5 Å².